The van der Waals surface area contributed by atoms with Crippen LogP contribution in [0.5, 0.6) is 0 Å². The molecule has 0 amide bonds. The highest BCUT2D eigenvalue weighted by molar-refractivity contribution is 7.09. The minimum Gasteiger partial charge on any atom is -0.347 e. The molecule has 3 rings (SSSR count). The summed E-state index contributed by atoms with van der Waals surface area (Å²) in [6.07, 6.45) is 5.40. The average Bonchev–Trinajstić information content (AvgIpc) is 3.05. The predicted octanol–water partition coefficient (Wildman–Crippen LogP) is 3.21. The van der Waals surface area contributed by atoms with E-state index in [1.54, 1.807) is 12.4 Å². The number of aromatic nitrogens is 4. The summed E-state index contributed by atoms with van der Waals surface area (Å²) in [7, 11) is 2.05. The summed E-state index contributed by atoms with van der Waals surface area (Å²) in [6.45, 7) is 6.21. The molecule has 1 aliphatic heterocycles. The van der Waals surface area contributed by atoms with Crippen LogP contribution in [0, 0.1) is 0 Å². The summed E-state index contributed by atoms with van der Waals surface area (Å²) in [5, 5.41) is 1.60. The molecule has 6 nitrogen and oxygen atoms in total. The van der Waals surface area contributed by atoms with Crippen molar-refractivity contribution in [1.29, 1.82) is 0 Å². The molecule has 3 heterocycles. The summed E-state index contributed by atoms with van der Waals surface area (Å²) in [4.78, 5) is 17.7. The molecule has 0 saturated carbocycles. The highest BCUT2D eigenvalue weighted by Gasteiger charge is 2.25. The molecule has 8 heteroatoms. The van der Waals surface area contributed by atoms with Crippen molar-refractivity contribution in [3.8, 4) is 0 Å². The Morgan fingerprint density at radius 3 is 2.48 bits per heavy atom. The Bertz CT molecular complexity index is 636. The van der Waals surface area contributed by atoms with E-state index in [1.807, 2.05) is 7.05 Å². The Balaban J connectivity index is 1.60. The topological polar surface area (TPSA) is 58.0 Å². The fraction of sp³-hybridized carbons (Fsp3) is 0.600. The van der Waals surface area contributed by atoms with Crippen molar-refractivity contribution in [2.75, 3.05) is 29.9 Å². The van der Waals surface area contributed by atoms with Crippen molar-refractivity contribution in [2.24, 2.45) is 0 Å². The smallest absolute Gasteiger partial charge is 0.225 e. The van der Waals surface area contributed by atoms with Gasteiger partial charge < -0.3 is 9.80 Å². The normalized spacial score (nSPS) is 16.1. The highest BCUT2D eigenvalue weighted by Crippen LogP contribution is 2.26. The van der Waals surface area contributed by atoms with Crippen LogP contribution in [0.25, 0.3) is 0 Å². The lowest BCUT2D eigenvalue weighted by Crippen LogP contribution is -2.44. The first-order valence-corrected chi connectivity index (χ1v) is 8.98. The zero-order chi connectivity index (χ0) is 16.4. The van der Waals surface area contributed by atoms with E-state index in [-0.39, 0.29) is 0 Å². The summed E-state index contributed by atoms with van der Waals surface area (Å²) in [5.74, 6) is 2.05. The van der Waals surface area contributed by atoms with Gasteiger partial charge in [-0.1, -0.05) is 25.4 Å². The molecule has 0 aromatic carbocycles. The predicted molar refractivity (Wildman–Crippen MR) is 94.7 cm³/mol. The van der Waals surface area contributed by atoms with Crippen LogP contribution in [0.1, 0.15) is 38.4 Å². The quantitative estimate of drug-likeness (QED) is 0.842. The molecular formula is C15H21ClN6S. The molecule has 0 aliphatic carbocycles. The molecule has 1 aliphatic rings. The Morgan fingerprint density at radius 1 is 1.26 bits per heavy atom. The van der Waals surface area contributed by atoms with E-state index in [9.17, 15) is 0 Å². The van der Waals surface area contributed by atoms with E-state index in [2.05, 4.69) is 43.0 Å². The molecule has 124 valence electrons. The van der Waals surface area contributed by atoms with Gasteiger partial charge in [-0.25, -0.2) is 15.0 Å². The summed E-state index contributed by atoms with van der Waals surface area (Å²) in [5.41, 5.74) is 0. The van der Waals surface area contributed by atoms with Gasteiger partial charge in [0.05, 0.1) is 17.4 Å². The SMILES string of the molecule is CC(C)c1nsc(N2CCC(N(C)c3ncc(Cl)cn3)CC2)n1. The van der Waals surface area contributed by atoms with Gasteiger partial charge >= 0.3 is 0 Å². The van der Waals surface area contributed by atoms with Crippen molar-refractivity contribution in [3.63, 3.8) is 0 Å². The number of halogens is 1. The first-order chi connectivity index (χ1) is 11.0. The van der Waals surface area contributed by atoms with Gasteiger partial charge in [0.1, 0.15) is 5.82 Å². The molecule has 2 aromatic heterocycles. The zero-order valence-electron chi connectivity index (χ0n) is 13.6. The van der Waals surface area contributed by atoms with Crippen LogP contribution in [0.2, 0.25) is 5.02 Å². The van der Waals surface area contributed by atoms with Crippen molar-refractivity contribution < 1.29 is 0 Å². The van der Waals surface area contributed by atoms with Crippen LogP contribution < -0.4 is 9.80 Å². The number of anilines is 2. The minimum absolute atomic E-state index is 0.380. The van der Waals surface area contributed by atoms with E-state index in [4.69, 9.17) is 11.6 Å². The second-order valence-electron chi connectivity index (χ2n) is 6.12. The molecule has 0 unspecified atom stereocenters. The summed E-state index contributed by atoms with van der Waals surface area (Å²) >= 11 is 7.36. The van der Waals surface area contributed by atoms with E-state index in [0.29, 0.717) is 17.0 Å². The molecule has 1 saturated heterocycles. The van der Waals surface area contributed by atoms with Gasteiger partial charge in [-0.15, -0.1) is 0 Å². The Labute approximate surface area is 145 Å². The van der Waals surface area contributed by atoms with E-state index in [0.717, 1.165) is 42.8 Å². The molecule has 0 radical (unpaired) electrons. The molecule has 23 heavy (non-hydrogen) atoms. The third-order valence-corrected chi connectivity index (χ3v) is 5.14. The molecule has 0 N–H and O–H groups in total. The van der Waals surface area contributed by atoms with Gasteiger partial charge in [0.2, 0.25) is 11.1 Å². The second-order valence-corrected chi connectivity index (χ2v) is 7.29. The van der Waals surface area contributed by atoms with Gasteiger partial charge in [-0.3, -0.25) is 0 Å². The van der Waals surface area contributed by atoms with Crippen LogP contribution in [-0.2, 0) is 0 Å². The van der Waals surface area contributed by atoms with Crippen molar-refractivity contribution in [2.45, 2.75) is 38.6 Å². The molecule has 0 atom stereocenters. The fourth-order valence-electron chi connectivity index (χ4n) is 2.68. The first kappa shape index (κ1) is 16.4. The molecule has 1 fully saturated rings. The van der Waals surface area contributed by atoms with Crippen molar-refractivity contribution in [1.82, 2.24) is 19.3 Å². The second kappa shape index (κ2) is 6.97. The third kappa shape index (κ3) is 3.72. The van der Waals surface area contributed by atoms with Crippen molar-refractivity contribution in [3.05, 3.63) is 23.2 Å². The molecular weight excluding hydrogens is 332 g/mol. The average molecular weight is 353 g/mol. The largest absolute Gasteiger partial charge is 0.347 e. The van der Waals surface area contributed by atoms with E-state index in [1.165, 1.54) is 11.5 Å². The van der Waals surface area contributed by atoms with Crippen molar-refractivity contribution >= 4 is 34.2 Å². The van der Waals surface area contributed by atoms with E-state index < -0.39 is 0 Å². The van der Waals surface area contributed by atoms with Crippen LogP contribution in [0.15, 0.2) is 12.4 Å². The Morgan fingerprint density at radius 2 is 1.91 bits per heavy atom. The maximum atomic E-state index is 5.85. The summed E-state index contributed by atoms with van der Waals surface area (Å²) < 4.78 is 4.45. The van der Waals surface area contributed by atoms with Gasteiger partial charge in [-0.2, -0.15) is 4.37 Å². The number of hydrogen-bond acceptors (Lipinski definition) is 7. The van der Waals surface area contributed by atoms with E-state index >= 15 is 0 Å². The van der Waals surface area contributed by atoms with Crippen LogP contribution in [0.3, 0.4) is 0 Å². The lowest BCUT2D eigenvalue weighted by atomic mass is 10.0. The number of nitrogens with zero attached hydrogens (tertiary/aromatic N) is 6. The maximum Gasteiger partial charge on any atom is 0.225 e. The van der Waals surface area contributed by atoms with Crippen LogP contribution in [0.4, 0.5) is 11.1 Å². The lowest BCUT2D eigenvalue weighted by Gasteiger charge is -2.36. The Hall–Kier alpha value is -1.47. The zero-order valence-corrected chi connectivity index (χ0v) is 15.2. The number of piperidine rings is 1. The molecule has 2 aromatic rings. The standard InChI is InChI=1S/C15H21ClN6S/c1-10(2)13-19-15(23-20-13)22-6-4-12(5-7-22)21(3)14-17-8-11(16)9-18-14/h8-10,12H,4-7H2,1-3H3. The summed E-state index contributed by atoms with van der Waals surface area (Å²) in [6, 6.07) is 0.435. The third-order valence-electron chi connectivity index (χ3n) is 4.15. The first-order valence-electron chi connectivity index (χ1n) is 7.83. The van der Waals surface area contributed by atoms with Gasteiger partial charge in [0.25, 0.3) is 0 Å². The molecule has 0 spiro atoms. The number of rotatable bonds is 4. The van der Waals surface area contributed by atoms with Gasteiger partial charge in [0, 0.05) is 43.6 Å². The molecule has 0 bridgehead atoms. The van der Waals surface area contributed by atoms with Gasteiger partial charge in [-0.05, 0) is 12.8 Å². The van der Waals surface area contributed by atoms with Gasteiger partial charge in [0.15, 0.2) is 0 Å². The monoisotopic (exact) mass is 352 g/mol. The fourth-order valence-corrected chi connectivity index (χ4v) is 3.64. The van der Waals surface area contributed by atoms with Crippen LogP contribution >= 0.6 is 23.1 Å². The van der Waals surface area contributed by atoms with Crippen LogP contribution in [-0.4, -0.2) is 45.5 Å². The highest BCUT2D eigenvalue weighted by atomic mass is 35.5. The minimum atomic E-state index is 0.380. The maximum absolute atomic E-state index is 5.85. The lowest BCUT2D eigenvalue weighted by molar-refractivity contribution is 0.477. The Kier molecular flexibility index (Phi) is 4.96. The number of hydrogen-bond donors (Lipinski definition) is 0.